The minimum absolute atomic E-state index is 0. The predicted molar refractivity (Wildman–Crippen MR) is 87.0 cm³/mol. The van der Waals surface area contributed by atoms with Crippen molar-refractivity contribution in [2.24, 2.45) is 10.7 Å². The molecule has 3 amide bonds. The molecule has 1 saturated carbocycles. The molecule has 4 N–H and O–H groups in total. The van der Waals surface area contributed by atoms with Crippen LogP contribution in [-0.4, -0.2) is 48.5 Å². The molecule has 2 rings (SSSR count). The van der Waals surface area contributed by atoms with Crippen LogP contribution in [0.15, 0.2) is 4.99 Å². The number of guanidine groups is 1. The molecule has 0 spiro atoms. The number of nitrogens with zero attached hydrogens (tertiary/aromatic N) is 2. The number of carbonyl (C=O) groups is 2. The van der Waals surface area contributed by atoms with E-state index in [1.54, 1.807) is 0 Å². The summed E-state index contributed by atoms with van der Waals surface area (Å²) in [6.45, 7) is 0.695. The van der Waals surface area contributed by atoms with Crippen LogP contribution < -0.4 is 16.4 Å². The van der Waals surface area contributed by atoms with Crippen molar-refractivity contribution in [2.45, 2.75) is 38.1 Å². The number of imide groups is 1. The lowest BCUT2D eigenvalue weighted by Crippen LogP contribution is -2.41. The molecule has 1 heterocycles. The number of carbonyl (C=O) groups excluding carboxylic acids is 2. The highest BCUT2D eigenvalue weighted by molar-refractivity contribution is 14.0. The maximum atomic E-state index is 11.3. The Hall–Kier alpha value is -1.06. The molecular formula is C12H22IN5O2. The van der Waals surface area contributed by atoms with E-state index in [0.29, 0.717) is 18.5 Å². The van der Waals surface area contributed by atoms with E-state index in [2.05, 4.69) is 15.6 Å². The zero-order valence-corrected chi connectivity index (χ0v) is 13.8. The second kappa shape index (κ2) is 8.28. The fraction of sp³-hybridized carbons (Fsp3) is 0.750. The molecular weight excluding hydrogens is 373 g/mol. The van der Waals surface area contributed by atoms with Crippen molar-refractivity contribution in [1.82, 2.24) is 15.5 Å². The Labute approximate surface area is 135 Å². The van der Waals surface area contributed by atoms with Crippen LogP contribution in [-0.2, 0) is 4.79 Å². The van der Waals surface area contributed by atoms with Gasteiger partial charge >= 0.3 is 6.03 Å². The summed E-state index contributed by atoms with van der Waals surface area (Å²) in [7, 11) is 0. The summed E-state index contributed by atoms with van der Waals surface area (Å²) < 4.78 is 0. The molecule has 0 radical (unpaired) electrons. The van der Waals surface area contributed by atoms with Crippen LogP contribution in [0.3, 0.4) is 0 Å². The average Bonchev–Trinajstić information content (AvgIpc) is 2.71. The number of rotatable bonds is 4. The van der Waals surface area contributed by atoms with E-state index in [1.807, 2.05) is 0 Å². The molecule has 20 heavy (non-hydrogen) atoms. The molecule has 0 bridgehead atoms. The molecule has 0 aromatic rings. The Kier molecular flexibility index (Phi) is 7.03. The lowest BCUT2D eigenvalue weighted by Gasteiger charge is -2.23. The van der Waals surface area contributed by atoms with Gasteiger partial charge in [0.1, 0.15) is 0 Å². The quantitative estimate of drug-likeness (QED) is 0.278. The van der Waals surface area contributed by atoms with E-state index in [9.17, 15) is 9.59 Å². The van der Waals surface area contributed by atoms with Crippen molar-refractivity contribution >= 4 is 41.9 Å². The van der Waals surface area contributed by atoms with Crippen molar-refractivity contribution in [3.8, 4) is 0 Å². The number of nitrogens with one attached hydrogen (secondary N) is 2. The minimum atomic E-state index is -0.348. The molecule has 2 aliphatic rings. The standard InChI is InChI=1S/C12H21N5O2.HI/c13-11(16-9-4-2-1-3-5-9)14-6-7-17-10(18)8-15-12(17)19;/h9H,1-8H2,(H,15,19)(H3,13,14,16);1H. The fourth-order valence-electron chi connectivity index (χ4n) is 2.45. The van der Waals surface area contributed by atoms with E-state index in [1.165, 1.54) is 19.3 Å². The van der Waals surface area contributed by atoms with Gasteiger partial charge < -0.3 is 16.4 Å². The van der Waals surface area contributed by atoms with Crippen LogP contribution in [0.25, 0.3) is 0 Å². The molecule has 0 atom stereocenters. The van der Waals surface area contributed by atoms with Crippen LogP contribution >= 0.6 is 24.0 Å². The third-order valence-electron chi connectivity index (χ3n) is 3.50. The Balaban J connectivity index is 0.00000200. The number of nitrogens with two attached hydrogens (primary N) is 1. The first-order valence-corrected chi connectivity index (χ1v) is 6.81. The topological polar surface area (TPSA) is 99.8 Å². The van der Waals surface area contributed by atoms with Gasteiger partial charge in [0.05, 0.1) is 19.6 Å². The Morgan fingerprint density at radius 2 is 2.05 bits per heavy atom. The molecule has 7 nitrogen and oxygen atoms in total. The number of hydrogen-bond donors (Lipinski definition) is 3. The van der Waals surface area contributed by atoms with E-state index in [0.717, 1.165) is 17.7 Å². The highest BCUT2D eigenvalue weighted by Gasteiger charge is 2.27. The summed E-state index contributed by atoms with van der Waals surface area (Å²) in [4.78, 5) is 27.9. The summed E-state index contributed by atoms with van der Waals surface area (Å²) in [6.07, 6.45) is 6.01. The molecule has 0 aromatic heterocycles. The lowest BCUT2D eigenvalue weighted by molar-refractivity contribution is -0.124. The van der Waals surface area contributed by atoms with Gasteiger partial charge in [-0.05, 0) is 12.8 Å². The summed E-state index contributed by atoms with van der Waals surface area (Å²) in [6, 6.07) is 0.0632. The van der Waals surface area contributed by atoms with Crippen LogP contribution in [0.5, 0.6) is 0 Å². The second-order valence-electron chi connectivity index (χ2n) is 4.95. The Bertz CT molecular complexity index is 366. The lowest BCUT2D eigenvalue weighted by atomic mass is 9.96. The van der Waals surface area contributed by atoms with E-state index >= 15 is 0 Å². The highest BCUT2D eigenvalue weighted by atomic mass is 127. The van der Waals surface area contributed by atoms with Gasteiger partial charge in [-0.3, -0.25) is 14.7 Å². The summed E-state index contributed by atoms with van der Waals surface area (Å²) in [5, 5.41) is 5.66. The smallest absolute Gasteiger partial charge is 0.324 e. The Morgan fingerprint density at radius 1 is 1.35 bits per heavy atom. The van der Waals surface area contributed by atoms with Crippen LogP contribution in [0.1, 0.15) is 32.1 Å². The summed E-state index contributed by atoms with van der Waals surface area (Å²) in [5.74, 6) is 0.193. The SMILES string of the molecule is I.NC(=NCCN1C(=O)CNC1=O)NC1CCCCC1. The first-order valence-electron chi connectivity index (χ1n) is 6.81. The first kappa shape index (κ1) is 17.0. The fourth-order valence-corrected chi connectivity index (χ4v) is 2.45. The number of hydrogen-bond acceptors (Lipinski definition) is 3. The second-order valence-corrected chi connectivity index (χ2v) is 4.95. The van der Waals surface area contributed by atoms with Crippen molar-refractivity contribution in [1.29, 1.82) is 0 Å². The minimum Gasteiger partial charge on any atom is -0.370 e. The van der Waals surface area contributed by atoms with E-state index in [4.69, 9.17) is 5.73 Å². The molecule has 2 fully saturated rings. The largest absolute Gasteiger partial charge is 0.370 e. The average molecular weight is 395 g/mol. The molecule has 0 aromatic carbocycles. The first-order chi connectivity index (χ1) is 9.16. The van der Waals surface area contributed by atoms with Gasteiger partial charge in [0.2, 0.25) is 5.91 Å². The summed E-state index contributed by atoms with van der Waals surface area (Å²) >= 11 is 0. The number of amides is 3. The zero-order valence-electron chi connectivity index (χ0n) is 11.4. The van der Waals surface area contributed by atoms with E-state index < -0.39 is 0 Å². The maximum Gasteiger partial charge on any atom is 0.324 e. The monoisotopic (exact) mass is 395 g/mol. The number of halogens is 1. The van der Waals surface area contributed by atoms with Gasteiger partial charge in [-0.15, -0.1) is 24.0 Å². The van der Waals surface area contributed by atoms with Crippen LogP contribution in [0, 0.1) is 0 Å². The van der Waals surface area contributed by atoms with Crippen LogP contribution in [0.2, 0.25) is 0 Å². The van der Waals surface area contributed by atoms with Crippen molar-refractivity contribution < 1.29 is 9.59 Å². The van der Waals surface area contributed by atoms with Crippen LogP contribution in [0.4, 0.5) is 4.79 Å². The van der Waals surface area contributed by atoms with Crippen molar-refractivity contribution in [3.63, 3.8) is 0 Å². The molecule has 1 saturated heterocycles. The normalized spacial score (nSPS) is 20.6. The predicted octanol–water partition coefficient (Wildman–Crippen LogP) is 0.393. The Morgan fingerprint density at radius 3 is 2.65 bits per heavy atom. The number of urea groups is 1. The van der Waals surface area contributed by atoms with Gasteiger partial charge in [0.25, 0.3) is 0 Å². The van der Waals surface area contributed by atoms with Gasteiger partial charge in [-0.1, -0.05) is 19.3 Å². The maximum absolute atomic E-state index is 11.3. The highest BCUT2D eigenvalue weighted by Crippen LogP contribution is 2.16. The molecule has 1 aliphatic heterocycles. The molecule has 1 aliphatic carbocycles. The zero-order chi connectivity index (χ0) is 13.7. The van der Waals surface area contributed by atoms with Crippen molar-refractivity contribution in [2.75, 3.05) is 19.6 Å². The van der Waals surface area contributed by atoms with Gasteiger partial charge in [0.15, 0.2) is 5.96 Å². The summed E-state index contributed by atoms with van der Waals surface area (Å²) in [5.41, 5.74) is 5.79. The third-order valence-corrected chi connectivity index (χ3v) is 3.50. The molecule has 0 unspecified atom stereocenters. The van der Waals surface area contributed by atoms with E-state index in [-0.39, 0.29) is 49.0 Å². The third kappa shape index (κ3) is 4.80. The van der Waals surface area contributed by atoms with Gasteiger partial charge in [0, 0.05) is 6.04 Å². The molecule has 114 valence electrons. The van der Waals surface area contributed by atoms with Gasteiger partial charge in [-0.2, -0.15) is 0 Å². The number of aliphatic imine (C=N–C) groups is 1. The van der Waals surface area contributed by atoms with Crippen molar-refractivity contribution in [3.05, 3.63) is 0 Å². The molecule has 8 heteroatoms. The van der Waals surface area contributed by atoms with Gasteiger partial charge in [-0.25, -0.2) is 4.79 Å².